The summed E-state index contributed by atoms with van der Waals surface area (Å²) < 4.78 is 5.31. The molecule has 1 heterocycles. The second-order valence-corrected chi connectivity index (χ2v) is 23.3. The van der Waals surface area contributed by atoms with Gasteiger partial charge in [0.15, 0.2) is 11.6 Å². The van der Waals surface area contributed by atoms with Crippen LogP contribution in [-0.4, -0.2) is 176 Å². The molecule has 20 N–H and O–H groups in total. The first-order chi connectivity index (χ1) is 41.3. The first-order valence-electron chi connectivity index (χ1n) is 30.7. The van der Waals surface area contributed by atoms with E-state index in [1.165, 1.54) is 21.0 Å². The largest absolute Gasteiger partial charge is 0.497 e. The zero-order valence-electron chi connectivity index (χ0n) is 52.1. The highest BCUT2D eigenvalue weighted by Crippen LogP contribution is 2.22. The Kier molecular flexibility index (Phi) is 36.0. The van der Waals surface area contributed by atoms with Crippen molar-refractivity contribution in [3.63, 3.8) is 0 Å². The zero-order valence-corrected chi connectivity index (χ0v) is 52.1. The molecule has 0 saturated carbocycles. The van der Waals surface area contributed by atoms with E-state index in [1.54, 1.807) is 38.1 Å². The molecule has 1 fully saturated rings. The first kappa shape index (κ1) is 76.6. The number of hydrogen-bond acceptors (Lipinski definition) is 19. The van der Waals surface area contributed by atoms with Crippen LogP contribution in [0.3, 0.4) is 0 Å². The van der Waals surface area contributed by atoms with Gasteiger partial charge in [-0.05, 0) is 134 Å². The molecule has 1 aromatic carbocycles. The number of nitrogens with one attached hydrogen (secondary N) is 8. The molecule has 0 aliphatic carbocycles. The van der Waals surface area contributed by atoms with Gasteiger partial charge >= 0.3 is 0 Å². The maximum atomic E-state index is 14.6. The molecule has 0 spiro atoms. The second-order valence-electron chi connectivity index (χ2n) is 23.3. The average molecular weight is 1230 g/mol. The molecule has 1 aliphatic heterocycles. The van der Waals surface area contributed by atoms with Crippen LogP contribution in [0.2, 0.25) is 0 Å². The van der Waals surface area contributed by atoms with Gasteiger partial charge in [0, 0.05) is 50.0 Å². The summed E-state index contributed by atoms with van der Waals surface area (Å²) in [5, 5.41) is 42.5. The van der Waals surface area contributed by atoms with Gasteiger partial charge in [0.1, 0.15) is 47.8 Å². The van der Waals surface area contributed by atoms with Crippen molar-refractivity contribution >= 4 is 64.6 Å². The fourth-order valence-electron chi connectivity index (χ4n) is 10.1. The summed E-state index contributed by atoms with van der Waals surface area (Å²) in [5.74, 6) is -11.0. The molecule has 8 amide bonds. The van der Waals surface area contributed by atoms with Crippen molar-refractivity contribution in [1.29, 1.82) is 0 Å². The quantitative estimate of drug-likeness (QED) is 0.0348. The number of rotatable bonds is 32. The summed E-state index contributed by atoms with van der Waals surface area (Å²) in [6, 6.07) is -3.56. The molecule has 1 aliphatic rings. The molecule has 27 nitrogen and oxygen atoms in total. The third-order valence-corrected chi connectivity index (χ3v) is 15.5. The molecule has 0 aromatic heterocycles. The highest BCUT2D eigenvalue weighted by Gasteiger charge is 2.38. The predicted octanol–water partition coefficient (Wildman–Crippen LogP) is -1.96. The molecular formula is C60H103N13O14. The van der Waals surface area contributed by atoms with Crippen LogP contribution in [0.15, 0.2) is 24.3 Å². The van der Waals surface area contributed by atoms with Gasteiger partial charge in [0.25, 0.3) is 0 Å². The third kappa shape index (κ3) is 27.6. The summed E-state index contributed by atoms with van der Waals surface area (Å²) in [5.41, 5.74) is 30.2. The van der Waals surface area contributed by atoms with Crippen molar-refractivity contribution in [1.82, 2.24) is 42.5 Å². The number of aliphatic hydroxyl groups excluding tert-OH is 2. The van der Waals surface area contributed by atoms with Crippen LogP contribution < -0.4 is 75.9 Å². The van der Waals surface area contributed by atoms with Crippen molar-refractivity contribution in [2.45, 2.75) is 199 Å². The van der Waals surface area contributed by atoms with E-state index in [9.17, 15) is 63.0 Å². The maximum Gasteiger partial charge on any atom is 0.245 e. The number of aliphatic hydroxyl groups is 2. The number of carbonyl (C=O) groups is 11. The number of ketones is 3. The van der Waals surface area contributed by atoms with E-state index >= 15 is 0 Å². The Morgan fingerprint density at radius 3 is 1.71 bits per heavy atom. The standard InChI is InChI=1S/C60H103N13O14/c1-8-35(4)11-9-10-12-42(76)31-39(17-23-61)54(80)72-51(36(5)74)50(78)32-40(18-24-62)53(79)68-47-22-28-66-60(86)52(37(6)75)73-58(84)46(21-27-65)69-56(82)45(20-26-64)70-59(85)48(29-34(2)3)71-55(81)41(30-38-13-15-43(87-7)16-14-38)33-49(77)44(19-25-63)67-57(47)83/h13-16,34-37,39-41,44-48,51-52,74-75H,8-12,17-33,61-65H2,1-7H3,(H,66,86)(H,67,83)(H,68,79)(H,69,82)(H,70,85)(H,71,81)(H,72,80)(H,73,84)/t35-,36+,37+,39+,40+,41-,44-,45-,46-,47-,48-,51-,52-/m0/s1. The van der Waals surface area contributed by atoms with E-state index in [2.05, 4.69) is 56.4 Å². The minimum Gasteiger partial charge on any atom is -0.497 e. The lowest BCUT2D eigenvalue weighted by molar-refractivity contribution is -0.137. The number of carbonyl (C=O) groups excluding carboxylic acids is 11. The second kappa shape index (κ2) is 40.9. The zero-order chi connectivity index (χ0) is 65.3. The number of benzene rings is 1. The van der Waals surface area contributed by atoms with E-state index in [0.717, 1.165) is 19.3 Å². The van der Waals surface area contributed by atoms with Crippen LogP contribution in [0.25, 0.3) is 0 Å². The lowest BCUT2D eigenvalue weighted by Gasteiger charge is -2.28. The molecule has 0 radical (unpaired) electrons. The fourth-order valence-corrected chi connectivity index (χ4v) is 10.1. The number of ether oxygens (including phenoxy) is 1. The smallest absolute Gasteiger partial charge is 0.245 e. The number of amides is 8. The van der Waals surface area contributed by atoms with Crippen molar-refractivity contribution in [2.75, 3.05) is 46.4 Å². The predicted molar refractivity (Wildman–Crippen MR) is 326 cm³/mol. The monoisotopic (exact) mass is 1230 g/mol. The lowest BCUT2D eigenvalue weighted by atomic mass is 9.89. The van der Waals surface area contributed by atoms with E-state index < -0.39 is 157 Å². The summed E-state index contributed by atoms with van der Waals surface area (Å²) in [4.78, 5) is 155. The number of unbranched alkanes of at least 4 members (excludes halogenated alkanes) is 1. The first-order valence-corrected chi connectivity index (χ1v) is 30.7. The van der Waals surface area contributed by atoms with Crippen LogP contribution in [0.1, 0.15) is 143 Å². The normalized spacial score (nSPS) is 22.8. The Bertz CT molecular complexity index is 2380. The maximum absolute atomic E-state index is 14.6. The SMILES string of the molecule is CC[C@H](C)CCCCC(=O)C[C@@H](CCN)C(=O)N[C@H](C(=O)C[C@@H](CCN)C(=O)N[C@H]1CCNC(=O)[C@H]([C@@H](C)O)NC(=O)[C@H](CCN)NC(=O)[C@H](CCN)NC(=O)[C@H](CC(C)C)NC(=O)[C@@H](Cc2ccc(OC)cc2)CC(=O)[C@H](CCN)NC1=O)[C@@H](C)O. The van der Waals surface area contributed by atoms with Crippen LogP contribution in [-0.2, 0) is 59.2 Å². The molecule has 492 valence electrons. The molecule has 2 rings (SSSR count). The summed E-state index contributed by atoms with van der Waals surface area (Å²) in [6.07, 6.45) is -1.45. The van der Waals surface area contributed by atoms with Gasteiger partial charge < -0.3 is 86.2 Å². The van der Waals surface area contributed by atoms with Gasteiger partial charge in [-0.25, -0.2) is 0 Å². The molecule has 1 saturated heterocycles. The summed E-state index contributed by atoms with van der Waals surface area (Å²) in [6.45, 7) is 9.38. The van der Waals surface area contributed by atoms with Crippen LogP contribution in [0.4, 0.5) is 0 Å². The Morgan fingerprint density at radius 1 is 0.644 bits per heavy atom. The number of hydrogen-bond donors (Lipinski definition) is 15. The van der Waals surface area contributed by atoms with E-state index in [4.69, 9.17) is 33.4 Å². The van der Waals surface area contributed by atoms with Gasteiger partial charge in [-0.2, -0.15) is 0 Å². The molecule has 87 heavy (non-hydrogen) atoms. The Hall–Kier alpha value is -6.49. The van der Waals surface area contributed by atoms with Gasteiger partial charge in [0.05, 0.1) is 25.4 Å². The van der Waals surface area contributed by atoms with Crippen LogP contribution >= 0.6 is 0 Å². The Labute approximate surface area is 512 Å². The minimum atomic E-state index is -1.67. The molecular weight excluding hydrogens is 1130 g/mol. The summed E-state index contributed by atoms with van der Waals surface area (Å²) >= 11 is 0. The topological polar surface area (TPSA) is 464 Å². The molecule has 1 aromatic rings. The Morgan fingerprint density at radius 2 is 1.18 bits per heavy atom. The highest BCUT2D eigenvalue weighted by atomic mass is 16.5. The molecule has 0 bridgehead atoms. The van der Waals surface area contributed by atoms with Crippen molar-refractivity contribution < 1.29 is 67.7 Å². The number of nitrogens with two attached hydrogens (primary N) is 5. The van der Waals surface area contributed by atoms with E-state index in [-0.39, 0.29) is 102 Å². The molecule has 27 heteroatoms. The van der Waals surface area contributed by atoms with E-state index in [0.29, 0.717) is 23.7 Å². The number of methoxy groups -OCH3 is 1. The highest BCUT2D eigenvalue weighted by molar-refractivity contribution is 5.99. The Balaban J connectivity index is 2.71. The fraction of sp³-hybridized carbons (Fsp3) is 0.717. The van der Waals surface area contributed by atoms with Gasteiger partial charge in [0.2, 0.25) is 47.3 Å². The van der Waals surface area contributed by atoms with Crippen LogP contribution in [0.5, 0.6) is 5.75 Å². The van der Waals surface area contributed by atoms with E-state index in [1.807, 2.05) is 0 Å². The van der Waals surface area contributed by atoms with Crippen molar-refractivity contribution in [3.05, 3.63) is 29.8 Å². The lowest BCUT2D eigenvalue weighted by Crippen LogP contribution is -2.60. The van der Waals surface area contributed by atoms with Gasteiger partial charge in [-0.3, -0.25) is 52.7 Å². The van der Waals surface area contributed by atoms with Crippen LogP contribution in [0, 0.1) is 29.6 Å². The molecule has 13 atom stereocenters. The van der Waals surface area contributed by atoms with Gasteiger partial charge in [-0.1, -0.05) is 59.1 Å². The van der Waals surface area contributed by atoms with Crippen molar-refractivity contribution in [2.24, 2.45) is 58.3 Å². The minimum absolute atomic E-state index is 0.0525. The number of Topliss-reactive ketones (excluding diaryl/α,β-unsaturated/α-hetero) is 3. The third-order valence-electron chi connectivity index (χ3n) is 15.5. The molecule has 0 unspecified atom stereocenters. The van der Waals surface area contributed by atoms with Gasteiger partial charge in [-0.15, -0.1) is 0 Å². The summed E-state index contributed by atoms with van der Waals surface area (Å²) in [7, 11) is 1.48. The average Bonchev–Trinajstić information content (AvgIpc) is 3.47. The van der Waals surface area contributed by atoms with Crippen molar-refractivity contribution in [3.8, 4) is 5.75 Å².